The largest absolute Gasteiger partial charge is 0.494 e. The maximum absolute atomic E-state index is 12.4. The van der Waals surface area contributed by atoms with Gasteiger partial charge in [-0.1, -0.05) is 0 Å². The molecule has 8 nitrogen and oxygen atoms in total. The monoisotopic (exact) mass is 370 g/mol. The van der Waals surface area contributed by atoms with Crippen LogP contribution in [0.5, 0.6) is 5.75 Å². The van der Waals surface area contributed by atoms with Gasteiger partial charge in [0.2, 0.25) is 5.91 Å². The van der Waals surface area contributed by atoms with Crippen LogP contribution in [-0.4, -0.2) is 46.2 Å². The van der Waals surface area contributed by atoms with Crippen molar-refractivity contribution >= 4 is 17.5 Å². The minimum Gasteiger partial charge on any atom is -0.494 e. The van der Waals surface area contributed by atoms with Crippen LogP contribution in [-0.2, 0) is 11.3 Å². The highest BCUT2D eigenvalue weighted by molar-refractivity contribution is 5.92. The second-order valence-electron chi connectivity index (χ2n) is 6.22. The Balaban J connectivity index is 1.67. The summed E-state index contributed by atoms with van der Waals surface area (Å²) in [4.78, 5) is 38.4. The van der Waals surface area contributed by atoms with E-state index in [1.54, 1.807) is 29.2 Å². The van der Waals surface area contributed by atoms with Crippen molar-refractivity contribution in [3.63, 3.8) is 0 Å². The summed E-state index contributed by atoms with van der Waals surface area (Å²) < 4.78 is 6.36. The van der Waals surface area contributed by atoms with Crippen LogP contribution in [0.1, 0.15) is 30.3 Å². The van der Waals surface area contributed by atoms with Crippen LogP contribution in [0.15, 0.2) is 41.2 Å². The van der Waals surface area contributed by atoms with Gasteiger partial charge in [-0.2, -0.15) is 5.10 Å². The van der Waals surface area contributed by atoms with Gasteiger partial charge in [0.05, 0.1) is 6.61 Å². The number of ether oxygens (including phenoxy) is 1. The zero-order chi connectivity index (χ0) is 19.2. The number of likely N-dealkylation sites (tertiary alicyclic amines) is 1. The van der Waals surface area contributed by atoms with E-state index in [1.165, 1.54) is 12.1 Å². The fraction of sp³-hybridized carbons (Fsp3) is 0.368. The van der Waals surface area contributed by atoms with Gasteiger partial charge in [0, 0.05) is 24.8 Å². The number of nitrogens with one attached hydrogen (secondary N) is 1. The number of amides is 2. The highest BCUT2D eigenvalue weighted by Gasteiger charge is 2.21. The van der Waals surface area contributed by atoms with Crippen molar-refractivity contribution in [2.45, 2.75) is 26.3 Å². The molecule has 27 heavy (non-hydrogen) atoms. The SMILES string of the molecule is CCOc1ccc(NC(=O)Cn2nc(C(=O)N3CCCC3)ccc2=O)cc1. The Labute approximate surface area is 156 Å². The number of aromatic nitrogens is 2. The van der Waals surface area contributed by atoms with Crippen molar-refractivity contribution in [1.82, 2.24) is 14.7 Å². The Kier molecular flexibility index (Phi) is 5.85. The molecule has 1 fully saturated rings. The summed E-state index contributed by atoms with van der Waals surface area (Å²) in [5, 5.41) is 6.77. The summed E-state index contributed by atoms with van der Waals surface area (Å²) >= 11 is 0. The topological polar surface area (TPSA) is 93.5 Å². The predicted octanol–water partition coefficient (Wildman–Crippen LogP) is 1.52. The molecule has 1 aliphatic rings. The lowest BCUT2D eigenvalue weighted by molar-refractivity contribution is -0.117. The van der Waals surface area contributed by atoms with Crippen LogP contribution >= 0.6 is 0 Å². The van der Waals surface area contributed by atoms with Gasteiger partial charge in [0.1, 0.15) is 18.0 Å². The quantitative estimate of drug-likeness (QED) is 0.832. The molecule has 3 rings (SSSR count). The Morgan fingerprint density at radius 2 is 1.81 bits per heavy atom. The fourth-order valence-electron chi connectivity index (χ4n) is 2.90. The summed E-state index contributed by atoms with van der Waals surface area (Å²) in [5.41, 5.74) is 0.320. The van der Waals surface area contributed by atoms with Crippen molar-refractivity contribution in [2.75, 3.05) is 25.0 Å². The summed E-state index contributed by atoms with van der Waals surface area (Å²) in [6, 6.07) is 9.60. The highest BCUT2D eigenvalue weighted by atomic mass is 16.5. The number of hydrogen-bond acceptors (Lipinski definition) is 5. The molecule has 1 aromatic carbocycles. The maximum atomic E-state index is 12.4. The highest BCUT2D eigenvalue weighted by Crippen LogP contribution is 2.15. The Bertz CT molecular complexity index is 870. The van der Waals surface area contributed by atoms with Gasteiger partial charge >= 0.3 is 0 Å². The number of anilines is 1. The molecule has 2 aromatic rings. The number of hydrogen-bond donors (Lipinski definition) is 1. The van der Waals surface area contributed by atoms with Crippen molar-refractivity contribution < 1.29 is 14.3 Å². The smallest absolute Gasteiger partial charge is 0.274 e. The van der Waals surface area contributed by atoms with Gasteiger partial charge in [-0.25, -0.2) is 4.68 Å². The molecule has 2 amide bonds. The van der Waals surface area contributed by atoms with Crippen LogP contribution in [0.2, 0.25) is 0 Å². The van der Waals surface area contributed by atoms with Gasteiger partial charge in [0.25, 0.3) is 11.5 Å². The van der Waals surface area contributed by atoms with Crippen LogP contribution < -0.4 is 15.6 Å². The van der Waals surface area contributed by atoms with Gasteiger partial charge in [0.15, 0.2) is 0 Å². The van der Waals surface area contributed by atoms with Gasteiger partial charge in [-0.15, -0.1) is 0 Å². The summed E-state index contributed by atoms with van der Waals surface area (Å²) in [6.07, 6.45) is 1.94. The Hall–Kier alpha value is -3.16. The lowest BCUT2D eigenvalue weighted by Gasteiger charge is -2.15. The number of carbonyl (C=O) groups is 2. The zero-order valence-electron chi connectivity index (χ0n) is 15.2. The Morgan fingerprint density at radius 1 is 1.11 bits per heavy atom. The molecular formula is C19H22N4O4. The first-order chi connectivity index (χ1) is 13.1. The van der Waals surface area contributed by atoms with Crippen molar-refractivity contribution in [3.05, 3.63) is 52.4 Å². The van der Waals surface area contributed by atoms with Crippen LogP contribution in [0.25, 0.3) is 0 Å². The van der Waals surface area contributed by atoms with E-state index in [0.717, 1.165) is 17.5 Å². The third kappa shape index (κ3) is 4.72. The van der Waals surface area contributed by atoms with Gasteiger partial charge in [-0.3, -0.25) is 14.4 Å². The number of rotatable bonds is 6. The molecule has 142 valence electrons. The van der Waals surface area contributed by atoms with E-state index in [-0.39, 0.29) is 18.1 Å². The third-order valence-corrected chi connectivity index (χ3v) is 4.22. The summed E-state index contributed by atoms with van der Waals surface area (Å²) in [5.74, 6) is 0.0919. The lowest BCUT2D eigenvalue weighted by atomic mass is 10.3. The molecule has 2 heterocycles. The molecule has 8 heteroatoms. The molecule has 1 saturated heterocycles. The average molecular weight is 370 g/mol. The fourth-order valence-corrected chi connectivity index (χ4v) is 2.90. The van der Waals surface area contributed by atoms with E-state index in [4.69, 9.17) is 4.74 Å². The minimum atomic E-state index is -0.435. The first-order valence-corrected chi connectivity index (χ1v) is 8.97. The molecule has 0 spiro atoms. The summed E-state index contributed by atoms with van der Waals surface area (Å²) in [7, 11) is 0. The molecule has 0 aliphatic carbocycles. The minimum absolute atomic E-state index is 0.172. The first kappa shape index (κ1) is 18.6. The molecule has 0 unspecified atom stereocenters. The van der Waals surface area contributed by atoms with E-state index >= 15 is 0 Å². The second-order valence-corrected chi connectivity index (χ2v) is 6.22. The van der Waals surface area contributed by atoms with E-state index in [0.29, 0.717) is 31.1 Å². The number of nitrogens with zero attached hydrogens (tertiary/aromatic N) is 3. The van der Waals surface area contributed by atoms with E-state index < -0.39 is 11.5 Å². The van der Waals surface area contributed by atoms with Crippen LogP contribution in [0.3, 0.4) is 0 Å². The van der Waals surface area contributed by atoms with Crippen molar-refractivity contribution in [1.29, 1.82) is 0 Å². The van der Waals surface area contributed by atoms with E-state index in [1.807, 2.05) is 6.92 Å². The van der Waals surface area contributed by atoms with Gasteiger partial charge in [-0.05, 0) is 50.1 Å². The molecule has 1 aromatic heterocycles. The molecule has 1 aliphatic heterocycles. The van der Waals surface area contributed by atoms with Crippen molar-refractivity contribution in [2.24, 2.45) is 0 Å². The second kappa shape index (κ2) is 8.48. The molecular weight excluding hydrogens is 348 g/mol. The molecule has 0 saturated carbocycles. The number of benzene rings is 1. The zero-order valence-corrected chi connectivity index (χ0v) is 15.2. The normalized spacial score (nSPS) is 13.4. The van der Waals surface area contributed by atoms with Gasteiger partial charge < -0.3 is 15.0 Å². The lowest BCUT2D eigenvalue weighted by Crippen LogP contribution is -2.34. The predicted molar refractivity (Wildman–Crippen MR) is 99.9 cm³/mol. The van der Waals surface area contributed by atoms with E-state index in [2.05, 4.69) is 10.4 Å². The molecule has 1 N–H and O–H groups in total. The Morgan fingerprint density at radius 3 is 2.48 bits per heavy atom. The van der Waals surface area contributed by atoms with Crippen LogP contribution in [0, 0.1) is 0 Å². The van der Waals surface area contributed by atoms with E-state index in [9.17, 15) is 14.4 Å². The third-order valence-electron chi connectivity index (χ3n) is 4.22. The van der Waals surface area contributed by atoms with Crippen LogP contribution in [0.4, 0.5) is 5.69 Å². The molecule has 0 atom stereocenters. The number of carbonyl (C=O) groups excluding carboxylic acids is 2. The average Bonchev–Trinajstić information content (AvgIpc) is 3.19. The standard InChI is InChI=1S/C19H22N4O4/c1-2-27-15-7-5-14(6-8-15)20-17(24)13-23-18(25)10-9-16(21-23)19(26)22-11-3-4-12-22/h5-10H,2-4,11-13H2,1H3,(H,20,24). The molecule has 0 bridgehead atoms. The molecule has 0 radical (unpaired) electrons. The summed E-state index contributed by atoms with van der Waals surface area (Å²) in [6.45, 7) is 3.57. The maximum Gasteiger partial charge on any atom is 0.274 e. The first-order valence-electron chi connectivity index (χ1n) is 8.97. The van der Waals surface area contributed by atoms with Crippen molar-refractivity contribution in [3.8, 4) is 5.75 Å².